The van der Waals surface area contributed by atoms with E-state index in [1.165, 1.54) is 5.56 Å². The van der Waals surface area contributed by atoms with E-state index in [9.17, 15) is 4.79 Å². The summed E-state index contributed by atoms with van der Waals surface area (Å²) >= 11 is 0. The zero-order chi connectivity index (χ0) is 18.6. The molecule has 0 spiro atoms. The smallest absolute Gasteiger partial charge is 0.244 e. The molecule has 6 heteroatoms. The molecule has 1 saturated heterocycles. The molecule has 0 unspecified atom stereocenters. The summed E-state index contributed by atoms with van der Waals surface area (Å²) in [7, 11) is 0. The maximum Gasteiger partial charge on any atom is 0.244 e. The second-order valence-corrected chi connectivity index (χ2v) is 7.10. The molecule has 3 heterocycles. The van der Waals surface area contributed by atoms with E-state index in [1.54, 1.807) is 11.3 Å². The maximum absolute atomic E-state index is 13.0. The molecule has 1 aromatic heterocycles. The van der Waals surface area contributed by atoms with Crippen LogP contribution in [-0.2, 0) is 9.53 Å². The Labute approximate surface area is 159 Å². The fraction of sp³-hybridized carbons (Fsp3) is 0.429. The molecule has 1 aromatic carbocycles. The van der Waals surface area contributed by atoms with Crippen molar-refractivity contribution < 1.29 is 13.9 Å². The van der Waals surface area contributed by atoms with Gasteiger partial charge in [-0.2, -0.15) is 5.10 Å². The minimum Gasteiger partial charge on any atom is -0.463 e. The lowest BCUT2D eigenvalue weighted by Crippen LogP contribution is -2.39. The first-order valence-corrected chi connectivity index (χ1v) is 9.51. The average molecular weight is 367 g/mol. The second kappa shape index (κ2) is 8.06. The molecule has 0 saturated carbocycles. The maximum atomic E-state index is 13.0. The van der Waals surface area contributed by atoms with Gasteiger partial charge in [0.25, 0.3) is 0 Å². The molecule has 27 heavy (non-hydrogen) atoms. The molecular weight excluding hydrogens is 342 g/mol. The normalized spacial score (nSPS) is 20.7. The predicted octanol–water partition coefficient (Wildman–Crippen LogP) is 2.99. The number of ether oxygens (including phenoxy) is 1. The van der Waals surface area contributed by atoms with Gasteiger partial charge in [0.2, 0.25) is 5.91 Å². The Morgan fingerprint density at radius 3 is 2.81 bits per heavy atom. The Kier molecular flexibility index (Phi) is 5.36. The topological polar surface area (TPSA) is 58.3 Å². The van der Waals surface area contributed by atoms with Gasteiger partial charge in [-0.1, -0.05) is 29.8 Å². The first kappa shape index (κ1) is 17.9. The van der Waals surface area contributed by atoms with Crippen LogP contribution in [0.5, 0.6) is 0 Å². The van der Waals surface area contributed by atoms with E-state index in [0.717, 1.165) is 49.9 Å². The Morgan fingerprint density at radius 2 is 2.07 bits per heavy atom. The summed E-state index contributed by atoms with van der Waals surface area (Å²) in [5.41, 5.74) is 3.12. The number of hydrogen-bond donors (Lipinski definition) is 0. The van der Waals surface area contributed by atoms with Crippen LogP contribution in [0.1, 0.15) is 35.8 Å². The van der Waals surface area contributed by atoms with Gasteiger partial charge in [-0.05, 0) is 24.6 Å². The quantitative estimate of drug-likeness (QED) is 0.815. The Balaban J connectivity index is 1.52. The summed E-state index contributed by atoms with van der Waals surface area (Å²) in [6, 6.07) is 12.0. The molecule has 6 nitrogen and oxygen atoms in total. The summed E-state index contributed by atoms with van der Waals surface area (Å²) in [6.45, 7) is 6.06. The lowest BCUT2D eigenvalue weighted by molar-refractivity contribution is -0.133. The predicted molar refractivity (Wildman–Crippen MR) is 103 cm³/mol. The summed E-state index contributed by atoms with van der Waals surface area (Å²) in [5, 5.41) is 6.30. The molecule has 4 rings (SSSR count). The van der Waals surface area contributed by atoms with E-state index in [1.807, 2.05) is 18.2 Å². The number of nitrogens with zero attached hydrogens (tertiary/aromatic N) is 3. The fourth-order valence-corrected chi connectivity index (χ4v) is 3.66. The highest BCUT2D eigenvalue weighted by atomic mass is 16.5. The third kappa shape index (κ3) is 4.12. The average Bonchev–Trinajstić information content (AvgIpc) is 3.36. The minimum absolute atomic E-state index is 0.0505. The molecule has 0 N–H and O–H groups in total. The van der Waals surface area contributed by atoms with E-state index in [0.29, 0.717) is 12.8 Å². The Bertz CT molecular complexity index is 810. The second-order valence-electron chi connectivity index (χ2n) is 7.10. The highest BCUT2D eigenvalue weighted by Crippen LogP contribution is 2.33. The number of carbonyl (C=O) groups excluding carboxylic acids is 1. The van der Waals surface area contributed by atoms with Gasteiger partial charge in [0.1, 0.15) is 11.5 Å². The van der Waals surface area contributed by atoms with Crippen molar-refractivity contribution in [3.05, 3.63) is 59.5 Å². The summed E-state index contributed by atoms with van der Waals surface area (Å²) < 4.78 is 10.9. The van der Waals surface area contributed by atoms with E-state index in [2.05, 4.69) is 35.1 Å². The van der Waals surface area contributed by atoms with Gasteiger partial charge in [0, 0.05) is 32.5 Å². The number of rotatable bonds is 5. The number of amides is 1. The molecule has 1 atom stereocenters. The van der Waals surface area contributed by atoms with Crippen LogP contribution < -0.4 is 0 Å². The zero-order valence-electron chi connectivity index (χ0n) is 15.6. The standard InChI is InChI=1S/C21H25N3O3/c1-16-4-2-5-17(14-16)19-15-18(20-6-3-11-27-20)22-24(19)21(25)7-8-23-9-12-26-13-10-23/h2-6,11,14,19H,7-10,12-13,15H2,1H3/t19-/m0/s1. The molecule has 142 valence electrons. The SMILES string of the molecule is Cc1cccc([C@@H]2CC(c3ccco3)=NN2C(=O)CCN2CCOCC2)c1. The van der Waals surface area contributed by atoms with Gasteiger partial charge in [-0.25, -0.2) is 5.01 Å². The highest BCUT2D eigenvalue weighted by Gasteiger charge is 2.34. The van der Waals surface area contributed by atoms with E-state index >= 15 is 0 Å². The Morgan fingerprint density at radius 1 is 1.22 bits per heavy atom. The van der Waals surface area contributed by atoms with E-state index < -0.39 is 0 Å². The van der Waals surface area contributed by atoms with Gasteiger partial charge >= 0.3 is 0 Å². The lowest BCUT2D eigenvalue weighted by Gasteiger charge is -2.27. The van der Waals surface area contributed by atoms with E-state index in [4.69, 9.17) is 9.15 Å². The first-order valence-electron chi connectivity index (χ1n) is 9.51. The minimum atomic E-state index is -0.0813. The van der Waals surface area contributed by atoms with Crippen LogP contribution in [0.25, 0.3) is 0 Å². The van der Waals surface area contributed by atoms with Gasteiger partial charge in [-0.15, -0.1) is 0 Å². The zero-order valence-corrected chi connectivity index (χ0v) is 15.6. The fourth-order valence-electron chi connectivity index (χ4n) is 3.66. The van der Waals surface area contributed by atoms with Crippen molar-refractivity contribution in [2.24, 2.45) is 5.10 Å². The number of furan rings is 1. The van der Waals surface area contributed by atoms with Gasteiger partial charge < -0.3 is 9.15 Å². The first-order chi connectivity index (χ1) is 13.2. The summed E-state index contributed by atoms with van der Waals surface area (Å²) in [6.07, 6.45) is 2.76. The van der Waals surface area contributed by atoms with Crippen molar-refractivity contribution in [3.8, 4) is 0 Å². The van der Waals surface area contributed by atoms with Crippen molar-refractivity contribution in [1.29, 1.82) is 0 Å². The van der Waals surface area contributed by atoms with Crippen molar-refractivity contribution in [2.75, 3.05) is 32.8 Å². The number of benzene rings is 1. The number of morpholine rings is 1. The van der Waals surface area contributed by atoms with E-state index in [-0.39, 0.29) is 11.9 Å². The number of carbonyl (C=O) groups is 1. The highest BCUT2D eigenvalue weighted by molar-refractivity contribution is 6.01. The third-order valence-electron chi connectivity index (χ3n) is 5.14. The monoisotopic (exact) mass is 367 g/mol. The number of aryl methyl sites for hydroxylation is 1. The number of hydrazone groups is 1. The van der Waals surface area contributed by atoms with Crippen LogP contribution in [-0.4, -0.2) is 54.4 Å². The molecule has 2 aliphatic rings. The van der Waals surface area contributed by atoms with Crippen molar-refractivity contribution >= 4 is 11.6 Å². The summed E-state index contributed by atoms with van der Waals surface area (Å²) in [4.78, 5) is 15.3. The molecule has 1 fully saturated rings. The lowest BCUT2D eigenvalue weighted by atomic mass is 9.99. The number of hydrogen-bond acceptors (Lipinski definition) is 5. The molecule has 1 amide bonds. The van der Waals surface area contributed by atoms with Crippen molar-refractivity contribution in [1.82, 2.24) is 9.91 Å². The van der Waals surface area contributed by atoms with Gasteiger partial charge in [0.05, 0.1) is 25.5 Å². The molecule has 0 radical (unpaired) electrons. The Hall–Kier alpha value is -2.44. The van der Waals surface area contributed by atoms with Crippen LogP contribution in [0.4, 0.5) is 0 Å². The summed E-state index contributed by atoms with van der Waals surface area (Å²) in [5.74, 6) is 0.783. The van der Waals surface area contributed by atoms with Crippen molar-refractivity contribution in [3.63, 3.8) is 0 Å². The molecule has 0 bridgehead atoms. The van der Waals surface area contributed by atoms with Crippen LogP contribution >= 0.6 is 0 Å². The molecular formula is C21H25N3O3. The van der Waals surface area contributed by atoms with Crippen LogP contribution in [0.15, 0.2) is 52.2 Å². The van der Waals surface area contributed by atoms with Crippen LogP contribution in [0.3, 0.4) is 0 Å². The van der Waals surface area contributed by atoms with Crippen molar-refractivity contribution in [2.45, 2.75) is 25.8 Å². The van der Waals surface area contributed by atoms with Crippen LogP contribution in [0, 0.1) is 6.92 Å². The third-order valence-corrected chi connectivity index (χ3v) is 5.14. The van der Waals surface area contributed by atoms with Crippen LogP contribution in [0.2, 0.25) is 0 Å². The molecule has 2 aliphatic heterocycles. The van der Waals surface area contributed by atoms with Gasteiger partial charge in [-0.3, -0.25) is 9.69 Å². The van der Waals surface area contributed by atoms with Gasteiger partial charge in [0.15, 0.2) is 0 Å². The molecule has 2 aromatic rings. The largest absolute Gasteiger partial charge is 0.463 e. The molecule has 0 aliphatic carbocycles.